The van der Waals surface area contributed by atoms with Crippen LogP contribution >= 0.6 is 0 Å². The third-order valence-corrected chi connectivity index (χ3v) is 1.69. The third-order valence-electron chi connectivity index (χ3n) is 1.69. The fourth-order valence-electron chi connectivity index (χ4n) is 0.943. The summed E-state index contributed by atoms with van der Waals surface area (Å²) in [6.07, 6.45) is 1.75. The van der Waals surface area contributed by atoms with Gasteiger partial charge in [-0.05, 0) is 18.6 Å². The topological polar surface area (TPSA) is 52.6 Å². The van der Waals surface area contributed by atoms with Crippen molar-refractivity contribution in [1.29, 1.82) is 0 Å². The van der Waals surface area contributed by atoms with E-state index in [-0.39, 0.29) is 6.61 Å². The second-order valence-corrected chi connectivity index (χ2v) is 2.87. The summed E-state index contributed by atoms with van der Waals surface area (Å²) in [5, 5.41) is 0. The molecule has 0 bridgehead atoms. The molecule has 0 aromatic heterocycles. The van der Waals surface area contributed by atoms with Crippen LogP contribution in [-0.4, -0.2) is 18.9 Å². The fraction of sp³-hybridized carbons (Fsp3) is 0.273. The van der Waals surface area contributed by atoms with Crippen molar-refractivity contribution in [2.45, 2.75) is 12.8 Å². The van der Waals surface area contributed by atoms with Gasteiger partial charge in [0, 0.05) is 6.42 Å². The van der Waals surface area contributed by atoms with E-state index < -0.39 is 5.97 Å². The first-order valence-corrected chi connectivity index (χ1v) is 4.67. The van der Waals surface area contributed by atoms with Crippen LogP contribution in [0.25, 0.3) is 0 Å². The van der Waals surface area contributed by atoms with Crippen LogP contribution in [0.5, 0.6) is 0 Å². The van der Waals surface area contributed by atoms with E-state index in [1.807, 2.05) is 6.07 Å². The molecular formula is C11H12O4. The number of benzene rings is 1. The molecule has 1 rings (SSSR count). The number of unbranched alkanes of at least 4 members (excludes halogenated alkanes) is 1. The van der Waals surface area contributed by atoms with Gasteiger partial charge in [0.2, 0.25) is 0 Å². The Morgan fingerprint density at radius 1 is 1.27 bits per heavy atom. The molecule has 0 unspecified atom stereocenters. The van der Waals surface area contributed by atoms with Gasteiger partial charge in [0.1, 0.15) is 6.29 Å². The molecule has 4 nitrogen and oxygen atoms in total. The van der Waals surface area contributed by atoms with Gasteiger partial charge in [-0.2, -0.15) is 4.89 Å². The van der Waals surface area contributed by atoms with E-state index in [1.54, 1.807) is 24.3 Å². The normalized spacial score (nSPS) is 9.60. The fourth-order valence-corrected chi connectivity index (χ4v) is 0.943. The van der Waals surface area contributed by atoms with Crippen LogP contribution in [0.1, 0.15) is 23.2 Å². The molecule has 0 fully saturated rings. The van der Waals surface area contributed by atoms with E-state index in [0.29, 0.717) is 18.4 Å². The van der Waals surface area contributed by atoms with Gasteiger partial charge in [-0.25, -0.2) is 4.79 Å². The quantitative estimate of drug-likeness (QED) is 0.309. The molecule has 0 aliphatic carbocycles. The summed E-state index contributed by atoms with van der Waals surface area (Å²) in [4.78, 5) is 30.4. The minimum atomic E-state index is -0.526. The molecular weight excluding hydrogens is 196 g/mol. The first-order valence-electron chi connectivity index (χ1n) is 4.67. The Kier molecular flexibility index (Phi) is 5.11. The van der Waals surface area contributed by atoms with Crippen molar-refractivity contribution in [1.82, 2.24) is 0 Å². The predicted octanol–water partition coefficient (Wildman–Crippen LogP) is 1.75. The van der Waals surface area contributed by atoms with Crippen molar-refractivity contribution in [3.8, 4) is 0 Å². The summed E-state index contributed by atoms with van der Waals surface area (Å²) in [6.45, 7) is 0.233. The van der Waals surface area contributed by atoms with E-state index in [9.17, 15) is 9.59 Å². The van der Waals surface area contributed by atoms with Crippen molar-refractivity contribution >= 4 is 12.3 Å². The summed E-state index contributed by atoms with van der Waals surface area (Å²) < 4.78 is 0. The molecule has 0 saturated heterocycles. The Hall–Kier alpha value is -1.68. The molecule has 80 valence electrons. The monoisotopic (exact) mass is 208 g/mol. The SMILES string of the molecule is O=CCCCOOC(=O)c1ccccc1. The minimum absolute atomic E-state index is 0.233. The molecule has 0 heterocycles. The lowest BCUT2D eigenvalue weighted by molar-refractivity contribution is -0.241. The molecule has 0 N–H and O–H groups in total. The average Bonchev–Trinajstić information content (AvgIpc) is 2.30. The Bertz CT molecular complexity index is 308. The summed E-state index contributed by atoms with van der Waals surface area (Å²) in [5.41, 5.74) is 0.438. The zero-order valence-electron chi connectivity index (χ0n) is 8.22. The van der Waals surface area contributed by atoms with Crippen LogP contribution in [0.4, 0.5) is 0 Å². The van der Waals surface area contributed by atoms with Crippen LogP contribution < -0.4 is 0 Å². The predicted molar refractivity (Wildman–Crippen MR) is 53.1 cm³/mol. The molecule has 0 amide bonds. The van der Waals surface area contributed by atoms with Crippen LogP contribution in [0.2, 0.25) is 0 Å². The van der Waals surface area contributed by atoms with E-state index in [4.69, 9.17) is 0 Å². The summed E-state index contributed by atoms with van der Waals surface area (Å²) in [5.74, 6) is -0.526. The van der Waals surface area contributed by atoms with Gasteiger partial charge in [-0.15, -0.1) is 0 Å². The van der Waals surface area contributed by atoms with Crippen molar-refractivity contribution in [2.24, 2.45) is 0 Å². The maximum Gasteiger partial charge on any atom is 0.373 e. The molecule has 0 spiro atoms. The van der Waals surface area contributed by atoms with Gasteiger partial charge in [-0.1, -0.05) is 18.2 Å². The Balaban J connectivity index is 2.22. The van der Waals surface area contributed by atoms with E-state index >= 15 is 0 Å². The molecule has 0 atom stereocenters. The van der Waals surface area contributed by atoms with E-state index in [0.717, 1.165) is 6.29 Å². The molecule has 0 aliphatic rings. The summed E-state index contributed by atoms with van der Waals surface area (Å²) >= 11 is 0. The van der Waals surface area contributed by atoms with Crippen molar-refractivity contribution < 1.29 is 19.4 Å². The lowest BCUT2D eigenvalue weighted by Crippen LogP contribution is -2.06. The van der Waals surface area contributed by atoms with E-state index in [1.165, 1.54) is 0 Å². The molecule has 0 radical (unpaired) electrons. The largest absolute Gasteiger partial charge is 0.373 e. The van der Waals surface area contributed by atoms with Crippen molar-refractivity contribution in [2.75, 3.05) is 6.61 Å². The van der Waals surface area contributed by atoms with Crippen LogP contribution in [0.15, 0.2) is 30.3 Å². The maximum atomic E-state index is 11.3. The highest BCUT2D eigenvalue weighted by molar-refractivity contribution is 5.88. The first-order chi connectivity index (χ1) is 7.34. The van der Waals surface area contributed by atoms with Gasteiger partial charge in [-0.3, -0.25) is 4.89 Å². The van der Waals surface area contributed by atoms with Gasteiger partial charge in [0.05, 0.1) is 12.2 Å². The lowest BCUT2D eigenvalue weighted by Gasteiger charge is -2.01. The van der Waals surface area contributed by atoms with Gasteiger partial charge in [0.25, 0.3) is 0 Å². The van der Waals surface area contributed by atoms with Gasteiger partial charge < -0.3 is 4.79 Å². The third kappa shape index (κ3) is 4.37. The van der Waals surface area contributed by atoms with Gasteiger partial charge in [0.15, 0.2) is 0 Å². The molecule has 0 saturated carbocycles. The smallest absolute Gasteiger partial charge is 0.303 e. The Labute approximate surface area is 87.7 Å². The molecule has 0 aliphatic heterocycles. The number of carbonyl (C=O) groups is 2. The first kappa shape index (κ1) is 11.4. The average molecular weight is 208 g/mol. The highest BCUT2D eigenvalue weighted by atomic mass is 17.2. The van der Waals surface area contributed by atoms with Crippen LogP contribution in [0, 0.1) is 0 Å². The Morgan fingerprint density at radius 2 is 2.00 bits per heavy atom. The molecule has 4 heteroatoms. The molecule has 1 aromatic carbocycles. The lowest BCUT2D eigenvalue weighted by atomic mass is 10.2. The summed E-state index contributed by atoms with van der Waals surface area (Å²) in [6, 6.07) is 8.56. The second-order valence-electron chi connectivity index (χ2n) is 2.87. The molecule has 1 aromatic rings. The van der Waals surface area contributed by atoms with Crippen molar-refractivity contribution in [3.63, 3.8) is 0 Å². The number of hydrogen-bond acceptors (Lipinski definition) is 4. The number of hydrogen-bond donors (Lipinski definition) is 0. The minimum Gasteiger partial charge on any atom is -0.303 e. The second kappa shape index (κ2) is 6.73. The zero-order chi connectivity index (χ0) is 10.9. The number of carbonyl (C=O) groups excluding carboxylic acids is 2. The number of rotatable bonds is 6. The van der Waals surface area contributed by atoms with Crippen LogP contribution in [-0.2, 0) is 14.6 Å². The summed E-state index contributed by atoms with van der Waals surface area (Å²) in [7, 11) is 0. The van der Waals surface area contributed by atoms with Crippen molar-refractivity contribution in [3.05, 3.63) is 35.9 Å². The zero-order valence-corrected chi connectivity index (χ0v) is 8.22. The maximum absolute atomic E-state index is 11.3. The Morgan fingerprint density at radius 3 is 2.67 bits per heavy atom. The standard InChI is InChI=1S/C11H12O4/c12-8-4-5-9-14-15-11(13)10-6-2-1-3-7-10/h1-3,6-8H,4-5,9H2. The highest BCUT2D eigenvalue weighted by Gasteiger charge is 2.06. The van der Waals surface area contributed by atoms with Crippen LogP contribution in [0.3, 0.4) is 0 Å². The molecule has 15 heavy (non-hydrogen) atoms. The van der Waals surface area contributed by atoms with E-state index in [2.05, 4.69) is 9.78 Å². The number of aldehydes is 1. The highest BCUT2D eigenvalue weighted by Crippen LogP contribution is 2.01. The van der Waals surface area contributed by atoms with Gasteiger partial charge >= 0.3 is 5.97 Å².